The lowest BCUT2D eigenvalue weighted by Gasteiger charge is -2.15. The molecule has 3 aromatic rings. The van der Waals surface area contributed by atoms with Crippen molar-refractivity contribution < 1.29 is 45.7 Å². The Balaban J connectivity index is 2.07. The fourth-order valence-corrected chi connectivity index (χ4v) is 5.49. The number of benzene rings is 2. The van der Waals surface area contributed by atoms with Gasteiger partial charge in [0, 0.05) is 15.4 Å². The summed E-state index contributed by atoms with van der Waals surface area (Å²) < 4.78 is 86.0. The number of primary amides is 1. The first kappa shape index (κ1) is 24.7. The maximum absolute atomic E-state index is 14.2. The summed E-state index contributed by atoms with van der Waals surface area (Å²) in [6.45, 7) is -0.519. The van der Waals surface area contributed by atoms with Gasteiger partial charge in [-0.3, -0.25) is 4.79 Å². The molecule has 0 atom stereocenters. The highest BCUT2D eigenvalue weighted by Crippen LogP contribution is 2.58. The monoisotopic (exact) mass is 561 g/mol. The molecular weight excluding hydrogens is 551 g/mol. The highest BCUT2D eigenvalue weighted by molar-refractivity contribution is 9.10. The Kier molecular flexibility index (Phi) is 6.79. The molecule has 0 spiro atoms. The van der Waals surface area contributed by atoms with Crippen LogP contribution in [0.25, 0.3) is 10.1 Å². The van der Waals surface area contributed by atoms with E-state index in [0.717, 1.165) is 12.1 Å². The molecular formula is C18H11BrF6NO4PS. The van der Waals surface area contributed by atoms with Gasteiger partial charge in [-0.25, -0.2) is 4.39 Å². The minimum absolute atomic E-state index is 0.0444. The fourth-order valence-electron chi connectivity index (χ4n) is 2.71. The maximum atomic E-state index is 14.2. The van der Waals surface area contributed by atoms with Crippen molar-refractivity contribution in [3.05, 3.63) is 62.2 Å². The van der Waals surface area contributed by atoms with Crippen LogP contribution < -0.4 is 10.5 Å². The molecule has 1 aromatic heterocycles. The van der Waals surface area contributed by atoms with Gasteiger partial charge in [-0.15, -0.1) is 11.3 Å². The number of alkyl halides is 5. The molecule has 5 nitrogen and oxygen atoms in total. The Hall–Kier alpha value is -1.92. The van der Waals surface area contributed by atoms with Crippen LogP contribution in [0.3, 0.4) is 0 Å². The summed E-state index contributed by atoms with van der Waals surface area (Å²) in [6.07, 6.45) is -4.94. The molecule has 32 heavy (non-hydrogen) atoms. The van der Waals surface area contributed by atoms with E-state index in [-0.39, 0.29) is 31.4 Å². The third-order valence-electron chi connectivity index (χ3n) is 4.23. The summed E-state index contributed by atoms with van der Waals surface area (Å²) >= 11 is 3.39. The molecule has 0 saturated heterocycles. The second-order valence-electron chi connectivity index (χ2n) is 6.39. The summed E-state index contributed by atoms with van der Waals surface area (Å²) in [5, 5.41) is 0.0444. The zero-order valence-corrected chi connectivity index (χ0v) is 18.7. The average Bonchev–Trinajstić information content (AvgIpc) is 3.03. The topological polar surface area (TPSA) is 92.8 Å². The van der Waals surface area contributed by atoms with Crippen LogP contribution in [0, 0.1) is 5.82 Å². The fraction of sp³-hybridized carbons (Fsp3) is 0.167. The third-order valence-corrected chi connectivity index (χ3v) is 7.49. The minimum atomic E-state index is -4.94. The molecule has 0 fully saturated rings. The zero-order chi connectivity index (χ0) is 24.0. The average molecular weight is 562 g/mol. The second kappa shape index (κ2) is 8.79. The van der Waals surface area contributed by atoms with Crippen molar-refractivity contribution in [1.29, 1.82) is 0 Å². The molecule has 172 valence electrons. The van der Waals surface area contributed by atoms with E-state index in [1.807, 2.05) is 0 Å². The minimum Gasteiger partial charge on any atom is -0.487 e. The van der Waals surface area contributed by atoms with Gasteiger partial charge in [0.15, 0.2) is 0 Å². The van der Waals surface area contributed by atoms with E-state index >= 15 is 0 Å². The Morgan fingerprint density at radius 1 is 1.16 bits per heavy atom. The number of nitrogens with two attached hydrogens (primary N) is 1. The summed E-state index contributed by atoms with van der Waals surface area (Å²) in [4.78, 5) is 29.1. The molecule has 0 unspecified atom stereocenters. The van der Waals surface area contributed by atoms with Gasteiger partial charge in [0.05, 0.1) is 15.1 Å². The summed E-state index contributed by atoms with van der Waals surface area (Å²) in [5.74, 6) is -2.57. The van der Waals surface area contributed by atoms with Crippen molar-refractivity contribution in [3.8, 4) is 5.75 Å². The second-order valence-corrected chi connectivity index (χ2v) is 9.35. The Labute approximate surface area is 189 Å². The van der Waals surface area contributed by atoms with E-state index in [0.29, 0.717) is 23.5 Å². The van der Waals surface area contributed by atoms with Gasteiger partial charge in [0.1, 0.15) is 18.2 Å². The standard InChI is InChI=1S/C18H11BrF6NO4PS/c19-13-9-4-8(16(26)27)5-12(14(9)32-15(13)18(24,25)31(28)29)30-6-7-1-2-11(20)10(3-7)17(21,22)23/h1-5,28-29H,6H2,(H2,26,27). The number of ether oxygens (including phenoxy) is 1. The highest BCUT2D eigenvalue weighted by atomic mass is 79.9. The maximum Gasteiger partial charge on any atom is 0.419 e. The Morgan fingerprint density at radius 2 is 1.81 bits per heavy atom. The molecule has 0 radical (unpaired) electrons. The molecule has 1 heterocycles. The number of thiophene rings is 1. The predicted molar refractivity (Wildman–Crippen MR) is 109 cm³/mol. The molecule has 0 aliphatic carbocycles. The third kappa shape index (κ3) is 4.72. The van der Waals surface area contributed by atoms with E-state index in [9.17, 15) is 31.1 Å². The Bertz CT molecular complexity index is 1200. The molecule has 2 aromatic carbocycles. The SMILES string of the molecule is NC(=O)c1cc(OCc2ccc(F)c(C(F)(F)F)c2)c2sc(C(F)(F)P(O)O)c(Br)c2c1. The first-order valence-corrected chi connectivity index (χ1v) is 11.2. The van der Waals surface area contributed by atoms with Crippen molar-refractivity contribution in [3.63, 3.8) is 0 Å². The predicted octanol–water partition coefficient (Wildman–Crippen LogP) is 5.85. The molecule has 0 bridgehead atoms. The molecule has 3 rings (SSSR count). The van der Waals surface area contributed by atoms with Gasteiger partial charge in [-0.1, -0.05) is 6.07 Å². The molecule has 0 aliphatic heterocycles. The first-order valence-electron chi connectivity index (χ1n) is 8.34. The van der Waals surface area contributed by atoms with Gasteiger partial charge < -0.3 is 20.3 Å². The lowest BCUT2D eigenvalue weighted by molar-refractivity contribution is -0.140. The van der Waals surface area contributed by atoms with Gasteiger partial charge >= 0.3 is 11.8 Å². The van der Waals surface area contributed by atoms with Crippen LogP contribution >= 0.6 is 35.6 Å². The number of hydrogen-bond acceptors (Lipinski definition) is 5. The number of carbonyl (C=O) groups excluding carboxylic acids is 1. The van der Waals surface area contributed by atoms with Crippen molar-refractivity contribution in [1.82, 2.24) is 0 Å². The van der Waals surface area contributed by atoms with Gasteiger partial charge in [-0.05, 0) is 45.8 Å². The van der Waals surface area contributed by atoms with E-state index in [1.165, 1.54) is 6.07 Å². The number of fused-ring (bicyclic) bond motifs is 1. The van der Waals surface area contributed by atoms with Crippen LogP contribution in [0.2, 0.25) is 0 Å². The molecule has 0 aliphatic rings. The molecule has 4 N–H and O–H groups in total. The van der Waals surface area contributed by atoms with Crippen LogP contribution in [-0.2, 0) is 18.4 Å². The first-order chi connectivity index (χ1) is 14.7. The van der Waals surface area contributed by atoms with Crippen molar-refractivity contribution in [2.75, 3.05) is 0 Å². The van der Waals surface area contributed by atoms with Crippen LogP contribution in [0.15, 0.2) is 34.8 Å². The van der Waals surface area contributed by atoms with E-state index in [4.69, 9.17) is 20.3 Å². The zero-order valence-electron chi connectivity index (χ0n) is 15.4. The van der Waals surface area contributed by atoms with Gasteiger partial charge in [-0.2, -0.15) is 22.0 Å². The van der Waals surface area contributed by atoms with Crippen molar-refractivity contribution in [2.24, 2.45) is 5.73 Å². The number of carbonyl (C=O) groups is 1. The number of rotatable bonds is 6. The normalized spacial score (nSPS) is 12.6. The van der Waals surface area contributed by atoms with Crippen LogP contribution in [0.5, 0.6) is 5.75 Å². The number of hydrogen-bond donors (Lipinski definition) is 3. The quantitative estimate of drug-likeness (QED) is 0.260. The molecule has 14 heteroatoms. The van der Waals surface area contributed by atoms with E-state index in [1.54, 1.807) is 0 Å². The summed E-state index contributed by atoms with van der Waals surface area (Å²) in [5.41, 5.74) is -0.484. The summed E-state index contributed by atoms with van der Waals surface area (Å²) in [6, 6.07) is 4.50. The van der Waals surface area contributed by atoms with E-state index < -0.39 is 49.0 Å². The van der Waals surface area contributed by atoms with Gasteiger partial charge in [0.25, 0.3) is 0 Å². The van der Waals surface area contributed by atoms with Crippen LogP contribution in [0.4, 0.5) is 26.3 Å². The summed E-state index contributed by atoms with van der Waals surface area (Å²) in [7, 11) is -3.69. The van der Waals surface area contributed by atoms with E-state index in [2.05, 4.69) is 15.9 Å². The lowest BCUT2D eigenvalue weighted by Crippen LogP contribution is -2.11. The molecule has 0 saturated carbocycles. The lowest BCUT2D eigenvalue weighted by atomic mass is 10.1. The number of halogens is 7. The van der Waals surface area contributed by atoms with Crippen molar-refractivity contribution >= 4 is 51.6 Å². The smallest absolute Gasteiger partial charge is 0.419 e. The largest absolute Gasteiger partial charge is 0.487 e. The highest BCUT2D eigenvalue weighted by Gasteiger charge is 2.45. The van der Waals surface area contributed by atoms with Crippen molar-refractivity contribution in [2.45, 2.75) is 18.4 Å². The molecule has 1 amide bonds. The number of amides is 1. The van der Waals surface area contributed by atoms with Crippen LogP contribution in [-0.4, -0.2) is 15.7 Å². The van der Waals surface area contributed by atoms with Gasteiger partial charge in [0.2, 0.25) is 14.3 Å². The van der Waals surface area contributed by atoms with Crippen LogP contribution in [0.1, 0.15) is 26.4 Å². The Morgan fingerprint density at radius 3 is 2.38 bits per heavy atom.